The van der Waals surface area contributed by atoms with Gasteiger partial charge >= 0.3 is 5.97 Å². The lowest BCUT2D eigenvalue weighted by molar-refractivity contribution is -0.143. The summed E-state index contributed by atoms with van der Waals surface area (Å²) in [5.74, 6) is 0.465. The first-order valence-corrected chi connectivity index (χ1v) is 9.03. The Hall–Kier alpha value is -1.99. The van der Waals surface area contributed by atoms with Gasteiger partial charge in [-0.3, -0.25) is 14.5 Å². The zero-order valence-corrected chi connectivity index (χ0v) is 16.5. The average molecular weight is 399 g/mol. The smallest absolute Gasteiger partial charge is 0.320 e. The second kappa shape index (κ2) is 9.28. The van der Waals surface area contributed by atoms with E-state index in [-0.39, 0.29) is 30.9 Å². The molecule has 3 rings (SSSR count). The standard InChI is InChI=1S/C19H26N2O5.ClH/c1-25-16-8-7-13(11-17(16)26-2)14-5-4-10-21(14)18(22)12-20-9-3-6-15(20)19(23)24;/h7-8,11,14-15H,3-6,9-10,12H2,1-2H3,(H,23,24);1H. The zero-order chi connectivity index (χ0) is 18.7. The molecule has 1 aromatic rings. The maximum absolute atomic E-state index is 12.9. The maximum Gasteiger partial charge on any atom is 0.320 e. The third kappa shape index (κ3) is 4.47. The van der Waals surface area contributed by atoms with Gasteiger partial charge in [-0.05, 0) is 49.9 Å². The van der Waals surface area contributed by atoms with Crippen molar-refractivity contribution in [1.82, 2.24) is 9.80 Å². The SMILES string of the molecule is COc1ccc(C2CCCN2C(=O)CN2CCCC2C(=O)O)cc1OC.Cl. The monoisotopic (exact) mass is 398 g/mol. The van der Waals surface area contributed by atoms with Crippen LogP contribution in [0.3, 0.4) is 0 Å². The molecular weight excluding hydrogens is 372 g/mol. The highest BCUT2D eigenvalue weighted by atomic mass is 35.5. The minimum Gasteiger partial charge on any atom is -0.493 e. The first kappa shape index (κ1) is 21.3. The highest BCUT2D eigenvalue weighted by Gasteiger charge is 2.36. The van der Waals surface area contributed by atoms with Gasteiger partial charge in [-0.1, -0.05) is 6.07 Å². The third-order valence-electron chi connectivity index (χ3n) is 5.35. The van der Waals surface area contributed by atoms with E-state index in [2.05, 4.69) is 0 Å². The molecule has 0 aromatic heterocycles. The number of carboxylic acid groups (broad SMARTS) is 1. The van der Waals surface area contributed by atoms with Crippen molar-refractivity contribution in [3.63, 3.8) is 0 Å². The predicted molar refractivity (Wildman–Crippen MR) is 103 cm³/mol. The van der Waals surface area contributed by atoms with E-state index in [9.17, 15) is 14.7 Å². The summed E-state index contributed by atoms with van der Waals surface area (Å²) in [5.41, 5.74) is 1.02. The number of ether oxygens (including phenoxy) is 2. The fraction of sp³-hybridized carbons (Fsp3) is 0.579. The van der Waals surface area contributed by atoms with Crippen molar-refractivity contribution in [2.75, 3.05) is 33.9 Å². The number of likely N-dealkylation sites (tertiary alicyclic amines) is 2. The van der Waals surface area contributed by atoms with Crippen LogP contribution in [0.1, 0.15) is 37.3 Å². The fourth-order valence-corrected chi connectivity index (χ4v) is 4.03. The van der Waals surface area contributed by atoms with E-state index in [0.717, 1.165) is 24.8 Å². The molecular formula is C19H27ClN2O5. The summed E-state index contributed by atoms with van der Waals surface area (Å²) in [6.07, 6.45) is 3.27. The van der Waals surface area contributed by atoms with Crippen molar-refractivity contribution < 1.29 is 24.2 Å². The lowest BCUT2D eigenvalue weighted by atomic mass is 10.0. The topological polar surface area (TPSA) is 79.3 Å². The van der Waals surface area contributed by atoms with Gasteiger partial charge in [-0.25, -0.2) is 0 Å². The number of carbonyl (C=O) groups excluding carboxylic acids is 1. The van der Waals surface area contributed by atoms with Gasteiger partial charge in [0.2, 0.25) is 5.91 Å². The number of hydrogen-bond acceptors (Lipinski definition) is 5. The summed E-state index contributed by atoms with van der Waals surface area (Å²) in [6, 6.07) is 5.20. The van der Waals surface area contributed by atoms with Gasteiger partial charge < -0.3 is 19.5 Å². The third-order valence-corrected chi connectivity index (χ3v) is 5.35. The molecule has 150 valence electrons. The number of carbonyl (C=O) groups is 2. The molecule has 2 unspecified atom stereocenters. The van der Waals surface area contributed by atoms with Gasteiger partial charge in [0, 0.05) is 6.54 Å². The molecule has 1 aromatic carbocycles. The highest BCUT2D eigenvalue weighted by Crippen LogP contribution is 2.37. The number of amides is 1. The quantitative estimate of drug-likeness (QED) is 0.792. The molecule has 8 heteroatoms. The van der Waals surface area contributed by atoms with Crippen LogP contribution < -0.4 is 9.47 Å². The van der Waals surface area contributed by atoms with Crippen LogP contribution in [0.2, 0.25) is 0 Å². The van der Waals surface area contributed by atoms with Crippen molar-refractivity contribution in [2.45, 2.75) is 37.8 Å². The Bertz CT molecular complexity index is 684. The van der Waals surface area contributed by atoms with Gasteiger partial charge in [0.25, 0.3) is 0 Å². The number of methoxy groups -OCH3 is 2. The molecule has 2 fully saturated rings. The number of hydrogen-bond donors (Lipinski definition) is 1. The summed E-state index contributed by atoms with van der Waals surface area (Å²) in [5, 5.41) is 9.31. The molecule has 1 N–H and O–H groups in total. The molecule has 0 spiro atoms. The molecule has 0 saturated carbocycles. The molecule has 1 amide bonds. The van der Waals surface area contributed by atoms with Gasteiger partial charge in [0.15, 0.2) is 11.5 Å². The van der Waals surface area contributed by atoms with Gasteiger partial charge in [-0.2, -0.15) is 0 Å². The van der Waals surface area contributed by atoms with E-state index in [1.165, 1.54) is 0 Å². The van der Waals surface area contributed by atoms with Crippen molar-refractivity contribution >= 4 is 24.3 Å². The Morgan fingerprint density at radius 1 is 1.11 bits per heavy atom. The van der Waals surface area contributed by atoms with E-state index in [0.29, 0.717) is 31.0 Å². The summed E-state index contributed by atoms with van der Waals surface area (Å²) in [7, 11) is 3.19. The molecule has 0 aliphatic carbocycles. The zero-order valence-electron chi connectivity index (χ0n) is 15.7. The predicted octanol–water partition coefficient (Wildman–Crippen LogP) is 2.34. The molecule has 2 aliphatic heterocycles. The Morgan fingerprint density at radius 2 is 1.81 bits per heavy atom. The van der Waals surface area contributed by atoms with Gasteiger partial charge in [-0.15, -0.1) is 12.4 Å². The fourth-order valence-electron chi connectivity index (χ4n) is 4.03. The van der Waals surface area contributed by atoms with Crippen molar-refractivity contribution in [2.24, 2.45) is 0 Å². The summed E-state index contributed by atoms with van der Waals surface area (Å²) in [4.78, 5) is 27.9. The van der Waals surface area contributed by atoms with Crippen LogP contribution in [-0.4, -0.2) is 66.7 Å². The number of nitrogens with zero attached hydrogens (tertiary/aromatic N) is 2. The normalized spacial score (nSPS) is 22.4. The first-order chi connectivity index (χ1) is 12.5. The van der Waals surface area contributed by atoms with Crippen molar-refractivity contribution in [1.29, 1.82) is 0 Å². The first-order valence-electron chi connectivity index (χ1n) is 9.03. The van der Waals surface area contributed by atoms with Crippen molar-refractivity contribution in [3.05, 3.63) is 23.8 Å². The van der Waals surface area contributed by atoms with Crippen molar-refractivity contribution in [3.8, 4) is 11.5 Å². The lowest BCUT2D eigenvalue weighted by Gasteiger charge is -2.29. The van der Waals surface area contributed by atoms with Crippen LogP contribution in [0.4, 0.5) is 0 Å². The van der Waals surface area contributed by atoms with Gasteiger partial charge in [0.05, 0.1) is 26.8 Å². The summed E-state index contributed by atoms with van der Waals surface area (Å²) >= 11 is 0. The molecule has 0 bridgehead atoms. The van der Waals surface area contributed by atoms with E-state index in [4.69, 9.17) is 9.47 Å². The van der Waals surface area contributed by atoms with E-state index in [1.54, 1.807) is 19.1 Å². The highest BCUT2D eigenvalue weighted by molar-refractivity contribution is 5.85. The van der Waals surface area contributed by atoms with Crippen LogP contribution in [0.5, 0.6) is 11.5 Å². The van der Waals surface area contributed by atoms with E-state index >= 15 is 0 Å². The largest absolute Gasteiger partial charge is 0.493 e. The van der Waals surface area contributed by atoms with Crippen LogP contribution in [-0.2, 0) is 9.59 Å². The number of aliphatic carboxylic acids is 1. The number of rotatable bonds is 6. The van der Waals surface area contributed by atoms with Crippen LogP contribution in [0.25, 0.3) is 0 Å². The van der Waals surface area contributed by atoms with Crippen LogP contribution in [0, 0.1) is 0 Å². The molecule has 2 heterocycles. The minimum atomic E-state index is -0.840. The minimum absolute atomic E-state index is 0. The summed E-state index contributed by atoms with van der Waals surface area (Å²) in [6.45, 7) is 1.53. The number of halogens is 1. The molecule has 27 heavy (non-hydrogen) atoms. The average Bonchev–Trinajstić information content (AvgIpc) is 3.30. The van der Waals surface area contributed by atoms with E-state index in [1.807, 2.05) is 23.1 Å². The van der Waals surface area contributed by atoms with Crippen LogP contribution >= 0.6 is 12.4 Å². The Morgan fingerprint density at radius 3 is 2.48 bits per heavy atom. The molecule has 0 radical (unpaired) electrons. The molecule has 2 atom stereocenters. The molecule has 2 saturated heterocycles. The van der Waals surface area contributed by atoms with E-state index < -0.39 is 12.0 Å². The Kier molecular flexibility index (Phi) is 7.33. The number of benzene rings is 1. The number of carboxylic acids is 1. The molecule has 2 aliphatic rings. The van der Waals surface area contributed by atoms with Crippen LogP contribution in [0.15, 0.2) is 18.2 Å². The Labute approximate surface area is 165 Å². The van der Waals surface area contributed by atoms with Gasteiger partial charge in [0.1, 0.15) is 6.04 Å². The summed E-state index contributed by atoms with van der Waals surface area (Å²) < 4.78 is 10.7. The second-order valence-corrected chi connectivity index (χ2v) is 6.83. The second-order valence-electron chi connectivity index (χ2n) is 6.83. The lowest BCUT2D eigenvalue weighted by Crippen LogP contribution is -2.44. The molecule has 7 nitrogen and oxygen atoms in total. The Balaban J connectivity index is 0.00000261. The maximum atomic E-state index is 12.9.